The van der Waals surface area contributed by atoms with Gasteiger partial charge < -0.3 is 5.11 Å². The molecular weight excluding hydrogens is 248 g/mol. The molecule has 2 aromatic rings. The molecule has 2 aromatic carbocycles. The van der Waals surface area contributed by atoms with Gasteiger partial charge in [-0.2, -0.15) is 0 Å². The first-order chi connectivity index (χ1) is 9.54. The molecule has 2 heteroatoms. The summed E-state index contributed by atoms with van der Waals surface area (Å²) in [5.74, 6) is -0.890. The number of aliphatic carboxylic acids is 1. The third-order valence-electron chi connectivity index (χ3n) is 3.16. The maximum Gasteiger partial charge on any atom is 0.328 e. The van der Waals surface area contributed by atoms with Crippen molar-refractivity contribution in [1.82, 2.24) is 0 Å². The van der Waals surface area contributed by atoms with E-state index in [1.165, 1.54) is 22.8 Å². The van der Waals surface area contributed by atoms with Crippen molar-refractivity contribution in [2.24, 2.45) is 0 Å². The molecule has 0 unspecified atom stereocenters. The van der Waals surface area contributed by atoms with Crippen molar-refractivity contribution in [2.75, 3.05) is 0 Å². The maximum absolute atomic E-state index is 10.6. The van der Waals surface area contributed by atoms with Crippen LogP contribution in [-0.2, 0) is 11.2 Å². The second-order valence-corrected chi connectivity index (χ2v) is 5.07. The highest BCUT2D eigenvalue weighted by atomic mass is 16.4. The van der Waals surface area contributed by atoms with E-state index in [1.807, 2.05) is 6.92 Å². The minimum Gasteiger partial charge on any atom is -0.478 e. The highest BCUT2D eigenvalue weighted by molar-refractivity contribution is 5.80. The van der Waals surface area contributed by atoms with E-state index < -0.39 is 5.97 Å². The molecule has 0 aliphatic heterocycles. The molecule has 2 rings (SSSR count). The Kier molecular flexibility index (Phi) is 4.36. The summed E-state index contributed by atoms with van der Waals surface area (Å²) in [5, 5.41) is 8.70. The van der Waals surface area contributed by atoms with E-state index in [2.05, 4.69) is 55.5 Å². The summed E-state index contributed by atoms with van der Waals surface area (Å²) < 4.78 is 0. The zero-order valence-electron chi connectivity index (χ0n) is 11.8. The molecular formula is C18H18O2. The van der Waals surface area contributed by atoms with E-state index in [0.717, 1.165) is 11.1 Å². The highest BCUT2D eigenvalue weighted by Gasteiger charge is 2.00. The summed E-state index contributed by atoms with van der Waals surface area (Å²) in [5.41, 5.74) is 5.59. The van der Waals surface area contributed by atoms with Crippen LogP contribution in [0.5, 0.6) is 0 Å². The van der Waals surface area contributed by atoms with Gasteiger partial charge in [0.2, 0.25) is 0 Å². The van der Waals surface area contributed by atoms with Crippen molar-refractivity contribution < 1.29 is 9.90 Å². The SMILES string of the molecule is C/C(=C\C(=O)O)Cc1ccc(-c2cccc(C)c2)cc1. The van der Waals surface area contributed by atoms with Gasteiger partial charge in [0, 0.05) is 6.08 Å². The number of hydrogen-bond acceptors (Lipinski definition) is 1. The molecule has 1 N–H and O–H groups in total. The highest BCUT2D eigenvalue weighted by Crippen LogP contribution is 2.21. The monoisotopic (exact) mass is 266 g/mol. The Morgan fingerprint density at radius 3 is 2.40 bits per heavy atom. The van der Waals surface area contributed by atoms with Crippen molar-refractivity contribution in [1.29, 1.82) is 0 Å². The molecule has 0 aliphatic rings. The van der Waals surface area contributed by atoms with E-state index in [-0.39, 0.29) is 0 Å². The van der Waals surface area contributed by atoms with Crippen molar-refractivity contribution in [2.45, 2.75) is 20.3 Å². The average molecular weight is 266 g/mol. The van der Waals surface area contributed by atoms with Gasteiger partial charge >= 0.3 is 5.97 Å². The zero-order chi connectivity index (χ0) is 14.5. The number of allylic oxidation sites excluding steroid dienone is 1. The predicted octanol–water partition coefficient (Wildman–Crippen LogP) is 4.24. The van der Waals surface area contributed by atoms with Crippen LogP contribution in [0.1, 0.15) is 18.1 Å². The van der Waals surface area contributed by atoms with Crippen LogP contribution in [0.25, 0.3) is 11.1 Å². The Labute approximate surface area is 119 Å². The molecule has 0 aliphatic carbocycles. The summed E-state index contributed by atoms with van der Waals surface area (Å²) in [6.45, 7) is 3.92. The normalized spacial score (nSPS) is 11.4. The lowest BCUT2D eigenvalue weighted by molar-refractivity contribution is -0.131. The fourth-order valence-corrected chi connectivity index (χ4v) is 2.22. The minimum absolute atomic E-state index is 0.667. The molecule has 0 radical (unpaired) electrons. The number of aryl methyl sites for hydroxylation is 1. The van der Waals surface area contributed by atoms with Crippen LogP contribution >= 0.6 is 0 Å². The van der Waals surface area contributed by atoms with Gasteiger partial charge in [-0.05, 0) is 37.0 Å². The topological polar surface area (TPSA) is 37.3 Å². The molecule has 0 atom stereocenters. The fourth-order valence-electron chi connectivity index (χ4n) is 2.22. The maximum atomic E-state index is 10.6. The molecule has 0 saturated carbocycles. The quantitative estimate of drug-likeness (QED) is 0.841. The molecule has 0 fully saturated rings. The van der Waals surface area contributed by atoms with E-state index in [9.17, 15) is 4.79 Å². The Bertz CT molecular complexity index is 637. The van der Waals surface area contributed by atoms with Gasteiger partial charge in [-0.25, -0.2) is 4.79 Å². The van der Waals surface area contributed by atoms with Crippen LogP contribution in [-0.4, -0.2) is 11.1 Å². The second kappa shape index (κ2) is 6.20. The Balaban J connectivity index is 2.16. The minimum atomic E-state index is -0.890. The third-order valence-corrected chi connectivity index (χ3v) is 3.16. The molecule has 20 heavy (non-hydrogen) atoms. The number of carboxylic acids is 1. The number of carbonyl (C=O) groups is 1. The molecule has 2 nitrogen and oxygen atoms in total. The number of rotatable bonds is 4. The zero-order valence-corrected chi connectivity index (χ0v) is 11.8. The molecule has 0 amide bonds. The van der Waals surface area contributed by atoms with Gasteiger partial charge in [0.15, 0.2) is 0 Å². The molecule has 0 saturated heterocycles. The van der Waals surface area contributed by atoms with Gasteiger partial charge in [-0.1, -0.05) is 59.7 Å². The van der Waals surface area contributed by atoms with Gasteiger partial charge in [0.25, 0.3) is 0 Å². The molecule has 0 bridgehead atoms. The van der Waals surface area contributed by atoms with Crippen molar-refractivity contribution in [3.63, 3.8) is 0 Å². The predicted molar refractivity (Wildman–Crippen MR) is 81.7 cm³/mol. The molecule has 0 spiro atoms. The summed E-state index contributed by atoms with van der Waals surface area (Å²) >= 11 is 0. The number of carboxylic acid groups (broad SMARTS) is 1. The largest absolute Gasteiger partial charge is 0.478 e. The van der Waals surface area contributed by atoms with Crippen molar-refractivity contribution >= 4 is 5.97 Å². The molecule has 0 aromatic heterocycles. The van der Waals surface area contributed by atoms with Crippen LogP contribution in [0, 0.1) is 6.92 Å². The van der Waals surface area contributed by atoms with E-state index in [0.29, 0.717) is 6.42 Å². The Morgan fingerprint density at radius 2 is 1.80 bits per heavy atom. The molecule has 0 heterocycles. The van der Waals surface area contributed by atoms with Gasteiger partial charge in [-0.15, -0.1) is 0 Å². The standard InChI is InChI=1S/C18H18O2/c1-13-4-3-5-17(11-13)16-8-6-15(7-9-16)10-14(2)12-18(19)20/h3-9,11-12H,10H2,1-2H3,(H,19,20)/b14-12+. The number of benzene rings is 2. The first-order valence-electron chi connectivity index (χ1n) is 6.60. The average Bonchev–Trinajstić information content (AvgIpc) is 2.38. The summed E-state index contributed by atoms with van der Waals surface area (Å²) in [6.07, 6.45) is 1.93. The van der Waals surface area contributed by atoms with Gasteiger partial charge in [0.1, 0.15) is 0 Å². The Hall–Kier alpha value is -2.35. The second-order valence-electron chi connectivity index (χ2n) is 5.07. The van der Waals surface area contributed by atoms with E-state index in [1.54, 1.807) is 0 Å². The smallest absolute Gasteiger partial charge is 0.328 e. The van der Waals surface area contributed by atoms with Crippen molar-refractivity contribution in [3.8, 4) is 11.1 Å². The van der Waals surface area contributed by atoms with Crippen LogP contribution < -0.4 is 0 Å². The molecule has 102 valence electrons. The van der Waals surface area contributed by atoms with Crippen LogP contribution in [0.3, 0.4) is 0 Å². The lowest BCUT2D eigenvalue weighted by atomic mass is 10.00. The van der Waals surface area contributed by atoms with Crippen LogP contribution in [0.15, 0.2) is 60.2 Å². The summed E-state index contributed by atoms with van der Waals surface area (Å²) in [4.78, 5) is 10.6. The third kappa shape index (κ3) is 3.82. The lowest BCUT2D eigenvalue weighted by Gasteiger charge is -2.05. The first-order valence-corrected chi connectivity index (χ1v) is 6.60. The van der Waals surface area contributed by atoms with E-state index >= 15 is 0 Å². The van der Waals surface area contributed by atoms with Crippen LogP contribution in [0.4, 0.5) is 0 Å². The fraction of sp³-hybridized carbons (Fsp3) is 0.167. The van der Waals surface area contributed by atoms with Gasteiger partial charge in [0.05, 0.1) is 0 Å². The van der Waals surface area contributed by atoms with Crippen molar-refractivity contribution in [3.05, 3.63) is 71.3 Å². The van der Waals surface area contributed by atoms with Crippen LogP contribution in [0.2, 0.25) is 0 Å². The summed E-state index contributed by atoms with van der Waals surface area (Å²) in [7, 11) is 0. The Morgan fingerprint density at radius 1 is 1.10 bits per heavy atom. The lowest BCUT2D eigenvalue weighted by Crippen LogP contribution is -1.93. The van der Waals surface area contributed by atoms with Gasteiger partial charge in [-0.3, -0.25) is 0 Å². The van der Waals surface area contributed by atoms with E-state index in [4.69, 9.17) is 5.11 Å². The summed E-state index contributed by atoms with van der Waals surface area (Å²) in [6, 6.07) is 16.7. The first kappa shape index (κ1) is 14.1. The number of hydrogen-bond donors (Lipinski definition) is 1.